The van der Waals surface area contributed by atoms with E-state index in [1.54, 1.807) is 6.07 Å². The Hall–Kier alpha value is -2.14. The number of ketones is 1. The molecule has 0 unspecified atom stereocenters. The molecule has 0 bridgehead atoms. The van der Waals surface area contributed by atoms with Crippen molar-refractivity contribution in [3.05, 3.63) is 39.7 Å². The third-order valence-corrected chi connectivity index (χ3v) is 4.15. The van der Waals surface area contributed by atoms with Crippen molar-refractivity contribution in [1.29, 1.82) is 0 Å². The van der Waals surface area contributed by atoms with Crippen LogP contribution in [0.2, 0.25) is 0 Å². The van der Waals surface area contributed by atoms with Crippen LogP contribution >= 0.6 is 0 Å². The van der Waals surface area contributed by atoms with Crippen LogP contribution in [0.25, 0.3) is 11.0 Å². The van der Waals surface area contributed by atoms with E-state index in [1.807, 2.05) is 12.1 Å². The Morgan fingerprint density at radius 1 is 1.33 bits per heavy atom. The maximum atomic E-state index is 11.9. The summed E-state index contributed by atoms with van der Waals surface area (Å²) in [6.45, 7) is 2.67. The molecule has 1 aliphatic heterocycles. The summed E-state index contributed by atoms with van der Waals surface area (Å²) in [5.74, 6) is 0.484. The Morgan fingerprint density at radius 2 is 2.14 bits per heavy atom. The second-order valence-corrected chi connectivity index (χ2v) is 5.72. The standard InChI is InChI=1S/C16H15NO4/c1-9(18)12-6-10-2-5-14-13(15(10)21-16(12)19)7-17(8-20-14)11-3-4-11/h2,5-6,11H,3-4,7-8H2,1H3. The summed E-state index contributed by atoms with van der Waals surface area (Å²) in [6, 6.07) is 5.90. The van der Waals surface area contributed by atoms with Gasteiger partial charge in [0.05, 0.1) is 5.56 Å². The van der Waals surface area contributed by atoms with E-state index < -0.39 is 5.63 Å². The highest BCUT2D eigenvalue weighted by Crippen LogP contribution is 2.36. The first kappa shape index (κ1) is 12.6. The van der Waals surface area contributed by atoms with Gasteiger partial charge in [0.15, 0.2) is 5.78 Å². The second-order valence-electron chi connectivity index (χ2n) is 5.72. The van der Waals surface area contributed by atoms with Gasteiger partial charge >= 0.3 is 5.63 Å². The summed E-state index contributed by atoms with van der Waals surface area (Å²) in [6.07, 6.45) is 2.39. The monoisotopic (exact) mass is 285 g/mol. The summed E-state index contributed by atoms with van der Waals surface area (Å²) >= 11 is 0. The summed E-state index contributed by atoms with van der Waals surface area (Å²) in [5, 5.41) is 0.764. The average Bonchev–Trinajstić information content (AvgIpc) is 3.30. The van der Waals surface area contributed by atoms with Gasteiger partial charge in [0.1, 0.15) is 23.6 Å². The number of carbonyl (C=O) groups excluding carboxylic acids is 1. The zero-order chi connectivity index (χ0) is 14.6. The number of hydrogen-bond donors (Lipinski definition) is 0. The zero-order valence-electron chi connectivity index (χ0n) is 11.7. The van der Waals surface area contributed by atoms with E-state index in [9.17, 15) is 9.59 Å². The van der Waals surface area contributed by atoms with Crippen LogP contribution < -0.4 is 10.4 Å². The molecule has 1 aromatic heterocycles. The molecular formula is C16H15NO4. The van der Waals surface area contributed by atoms with Gasteiger partial charge in [-0.05, 0) is 38.0 Å². The Balaban J connectivity index is 1.88. The molecule has 2 aliphatic rings. The fourth-order valence-electron chi connectivity index (χ4n) is 2.83. The molecule has 5 heteroatoms. The molecule has 0 amide bonds. The van der Waals surface area contributed by atoms with E-state index in [2.05, 4.69) is 4.90 Å². The highest BCUT2D eigenvalue weighted by molar-refractivity contribution is 5.97. The van der Waals surface area contributed by atoms with Gasteiger partial charge in [-0.1, -0.05) is 0 Å². The van der Waals surface area contributed by atoms with Crippen molar-refractivity contribution in [2.75, 3.05) is 6.73 Å². The molecule has 0 spiro atoms. The fraction of sp³-hybridized carbons (Fsp3) is 0.375. The van der Waals surface area contributed by atoms with Gasteiger partial charge in [-0.15, -0.1) is 0 Å². The molecule has 4 rings (SSSR count). The van der Waals surface area contributed by atoms with E-state index in [0.717, 1.165) is 23.2 Å². The first-order valence-corrected chi connectivity index (χ1v) is 7.11. The van der Waals surface area contributed by atoms with E-state index in [0.29, 0.717) is 18.4 Å². The normalized spacial score (nSPS) is 18.3. The zero-order valence-corrected chi connectivity index (χ0v) is 11.7. The van der Waals surface area contributed by atoms with Crippen LogP contribution in [-0.4, -0.2) is 23.5 Å². The quantitative estimate of drug-likeness (QED) is 0.626. The minimum absolute atomic E-state index is 0.0956. The van der Waals surface area contributed by atoms with Crippen molar-refractivity contribution in [2.45, 2.75) is 32.4 Å². The minimum Gasteiger partial charge on any atom is -0.478 e. The molecule has 0 N–H and O–H groups in total. The van der Waals surface area contributed by atoms with Gasteiger partial charge in [0, 0.05) is 18.0 Å². The molecule has 0 saturated heterocycles. The van der Waals surface area contributed by atoms with Crippen LogP contribution in [0.1, 0.15) is 35.7 Å². The molecule has 1 fully saturated rings. The first-order valence-electron chi connectivity index (χ1n) is 7.11. The van der Waals surface area contributed by atoms with Crippen LogP contribution in [0.5, 0.6) is 5.75 Å². The summed E-state index contributed by atoms with van der Waals surface area (Å²) in [4.78, 5) is 25.7. The number of Topliss-reactive ketones (excluding diaryl/α,β-unsaturated/α-hetero) is 1. The number of carbonyl (C=O) groups is 1. The summed E-state index contributed by atoms with van der Waals surface area (Å²) < 4.78 is 11.2. The predicted molar refractivity (Wildman–Crippen MR) is 76.5 cm³/mol. The van der Waals surface area contributed by atoms with Crippen molar-refractivity contribution >= 4 is 16.8 Å². The lowest BCUT2D eigenvalue weighted by Gasteiger charge is -2.29. The number of fused-ring (bicyclic) bond motifs is 3. The molecule has 2 aromatic rings. The Labute approximate surface area is 121 Å². The number of rotatable bonds is 2. The van der Waals surface area contributed by atoms with Crippen molar-refractivity contribution in [3.8, 4) is 5.75 Å². The molecule has 5 nitrogen and oxygen atoms in total. The highest BCUT2D eigenvalue weighted by Gasteiger charge is 2.33. The van der Waals surface area contributed by atoms with Gasteiger partial charge < -0.3 is 9.15 Å². The average molecular weight is 285 g/mol. The molecule has 0 atom stereocenters. The van der Waals surface area contributed by atoms with Gasteiger partial charge in [-0.25, -0.2) is 4.79 Å². The Bertz CT molecular complexity index is 804. The van der Waals surface area contributed by atoms with Gasteiger partial charge in [0.25, 0.3) is 0 Å². The van der Waals surface area contributed by atoms with Crippen molar-refractivity contribution in [2.24, 2.45) is 0 Å². The third kappa shape index (κ3) is 2.05. The molecular weight excluding hydrogens is 270 g/mol. The number of benzene rings is 1. The van der Waals surface area contributed by atoms with Crippen LogP contribution in [-0.2, 0) is 6.54 Å². The minimum atomic E-state index is -0.577. The third-order valence-electron chi connectivity index (χ3n) is 4.15. The van der Waals surface area contributed by atoms with Crippen molar-refractivity contribution in [1.82, 2.24) is 4.90 Å². The van der Waals surface area contributed by atoms with E-state index in [4.69, 9.17) is 9.15 Å². The van der Waals surface area contributed by atoms with E-state index >= 15 is 0 Å². The largest absolute Gasteiger partial charge is 0.478 e. The molecule has 1 saturated carbocycles. The Kier molecular flexibility index (Phi) is 2.65. The smallest absolute Gasteiger partial charge is 0.347 e. The molecule has 21 heavy (non-hydrogen) atoms. The number of hydrogen-bond acceptors (Lipinski definition) is 5. The molecule has 2 heterocycles. The lowest BCUT2D eigenvalue weighted by Crippen LogP contribution is -2.33. The topological polar surface area (TPSA) is 59.8 Å². The molecule has 108 valence electrons. The van der Waals surface area contributed by atoms with Crippen LogP contribution in [0.4, 0.5) is 0 Å². The van der Waals surface area contributed by atoms with Crippen LogP contribution in [0.15, 0.2) is 27.4 Å². The van der Waals surface area contributed by atoms with Crippen molar-refractivity contribution < 1.29 is 13.9 Å². The maximum absolute atomic E-state index is 11.9. The van der Waals surface area contributed by atoms with Crippen LogP contribution in [0.3, 0.4) is 0 Å². The van der Waals surface area contributed by atoms with Gasteiger partial charge in [-0.2, -0.15) is 0 Å². The lowest BCUT2D eigenvalue weighted by atomic mass is 10.1. The maximum Gasteiger partial charge on any atom is 0.347 e. The van der Waals surface area contributed by atoms with Crippen LogP contribution in [0, 0.1) is 0 Å². The second kappa shape index (κ2) is 4.43. The summed E-state index contributed by atoms with van der Waals surface area (Å²) in [7, 11) is 0. The molecule has 1 aliphatic carbocycles. The summed E-state index contributed by atoms with van der Waals surface area (Å²) in [5.41, 5.74) is 0.955. The van der Waals surface area contributed by atoms with Gasteiger partial charge in [-0.3, -0.25) is 9.69 Å². The van der Waals surface area contributed by atoms with Crippen molar-refractivity contribution in [3.63, 3.8) is 0 Å². The number of nitrogens with zero attached hydrogens (tertiary/aromatic N) is 1. The number of ether oxygens (including phenoxy) is 1. The first-order chi connectivity index (χ1) is 10.1. The van der Waals surface area contributed by atoms with Gasteiger partial charge in [0.2, 0.25) is 0 Å². The predicted octanol–water partition coefficient (Wildman–Crippen LogP) is 2.31. The lowest BCUT2D eigenvalue weighted by molar-refractivity contribution is 0.0885. The fourth-order valence-corrected chi connectivity index (χ4v) is 2.83. The highest BCUT2D eigenvalue weighted by atomic mass is 16.5. The SMILES string of the molecule is CC(=O)c1cc2ccc3c(c2oc1=O)CN(C1CC1)CO3. The molecule has 0 radical (unpaired) electrons. The van der Waals surface area contributed by atoms with E-state index in [1.165, 1.54) is 19.8 Å². The molecule has 1 aromatic carbocycles. The Morgan fingerprint density at radius 3 is 2.86 bits per heavy atom. The van der Waals surface area contributed by atoms with E-state index in [-0.39, 0.29) is 11.3 Å².